The summed E-state index contributed by atoms with van der Waals surface area (Å²) < 4.78 is 16.5. The van der Waals surface area contributed by atoms with E-state index in [0.29, 0.717) is 13.2 Å². The van der Waals surface area contributed by atoms with Crippen LogP contribution in [0.25, 0.3) is 0 Å². The fourth-order valence-corrected chi connectivity index (χ4v) is 1.90. The second-order valence-electron chi connectivity index (χ2n) is 4.53. The van der Waals surface area contributed by atoms with Crippen molar-refractivity contribution in [3.63, 3.8) is 0 Å². The lowest BCUT2D eigenvalue weighted by molar-refractivity contribution is 0.116. The zero-order chi connectivity index (χ0) is 13.9. The number of methoxy groups -OCH3 is 1. The molecule has 19 heavy (non-hydrogen) atoms. The number of rotatable bonds is 10. The molecule has 3 heteroatoms. The van der Waals surface area contributed by atoms with Crippen LogP contribution in [0.3, 0.4) is 0 Å². The fourth-order valence-electron chi connectivity index (χ4n) is 1.90. The molecule has 0 amide bonds. The maximum atomic E-state index is 5.67. The molecule has 0 heterocycles. The van der Waals surface area contributed by atoms with Gasteiger partial charge >= 0.3 is 0 Å². The van der Waals surface area contributed by atoms with Crippen molar-refractivity contribution in [2.75, 3.05) is 20.3 Å². The second-order valence-corrected chi connectivity index (χ2v) is 4.53. The molecule has 0 spiro atoms. The van der Waals surface area contributed by atoms with Gasteiger partial charge in [-0.25, -0.2) is 0 Å². The zero-order valence-corrected chi connectivity index (χ0v) is 12.4. The van der Waals surface area contributed by atoms with Crippen molar-refractivity contribution < 1.29 is 14.2 Å². The molecule has 0 unspecified atom stereocenters. The monoisotopic (exact) mass is 266 g/mol. The van der Waals surface area contributed by atoms with Gasteiger partial charge in [0.05, 0.1) is 20.3 Å². The Labute approximate surface area is 116 Å². The lowest BCUT2D eigenvalue weighted by Crippen LogP contribution is -1.99. The summed E-state index contributed by atoms with van der Waals surface area (Å²) in [6, 6.07) is 5.95. The van der Waals surface area contributed by atoms with Crippen LogP contribution < -0.4 is 9.47 Å². The summed E-state index contributed by atoms with van der Waals surface area (Å²) in [4.78, 5) is 0. The molecule has 0 radical (unpaired) electrons. The largest absolute Gasteiger partial charge is 0.493 e. The van der Waals surface area contributed by atoms with E-state index in [1.54, 1.807) is 7.11 Å². The Balaban J connectivity index is 2.37. The minimum absolute atomic E-state index is 0.634. The van der Waals surface area contributed by atoms with Crippen LogP contribution >= 0.6 is 0 Å². The summed E-state index contributed by atoms with van der Waals surface area (Å²) in [7, 11) is 1.66. The smallest absolute Gasteiger partial charge is 0.161 e. The Morgan fingerprint density at radius 3 is 2.53 bits per heavy atom. The number of hydrogen-bond acceptors (Lipinski definition) is 3. The summed E-state index contributed by atoms with van der Waals surface area (Å²) in [6.45, 7) is 6.29. The van der Waals surface area contributed by atoms with Gasteiger partial charge in [0.1, 0.15) is 0 Å². The number of benzene rings is 1. The Hall–Kier alpha value is -1.22. The lowest BCUT2D eigenvalue weighted by atomic mass is 10.2. The quantitative estimate of drug-likeness (QED) is 0.594. The molecular weight excluding hydrogens is 240 g/mol. The molecule has 0 aromatic heterocycles. The minimum atomic E-state index is 0.634. The predicted octanol–water partition coefficient (Wildman–Crippen LogP) is 4.19. The molecule has 1 aromatic carbocycles. The fraction of sp³-hybridized carbons (Fsp3) is 0.625. The average molecular weight is 266 g/mol. The summed E-state index contributed by atoms with van der Waals surface area (Å²) in [5.41, 5.74) is 1.12. The van der Waals surface area contributed by atoms with Crippen molar-refractivity contribution in [2.24, 2.45) is 0 Å². The first-order chi connectivity index (χ1) is 9.31. The highest BCUT2D eigenvalue weighted by atomic mass is 16.5. The van der Waals surface area contributed by atoms with E-state index in [0.717, 1.165) is 30.1 Å². The maximum Gasteiger partial charge on any atom is 0.161 e. The predicted molar refractivity (Wildman–Crippen MR) is 78.0 cm³/mol. The van der Waals surface area contributed by atoms with Crippen LogP contribution in [0.1, 0.15) is 45.1 Å². The van der Waals surface area contributed by atoms with E-state index >= 15 is 0 Å². The van der Waals surface area contributed by atoms with Gasteiger partial charge in [0.25, 0.3) is 0 Å². The van der Waals surface area contributed by atoms with Gasteiger partial charge in [-0.2, -0.15) is 0 Å². The average Bonchev–Trinajstić information content (AvgIpc) is 2.44. The minimum Gasteiger partial charge on any atom is -0.493 e. The van der Waals surface area contributed by atoms with E-state index in [4.69, 9.17) is 14.2 Å². The van der Waals surface area contributed by atoms with Crippen LogP contribution in [0, 0.1) is 0 Å². The first-order valence-electron chi connectivity index (χ1n) is 7.19. The third-order valence-electron chi connectivity index (χ3n) is 2.94. The second kappa shape index (κ2) is 9.68. The Kier molecular flexibility index (Phi) is 8.07. The van der Waals surface area contributed by atoms with Crippen molar-refractivity contribution in [3.8, 4) is 11.5 Å². The molecular formula is C16H26O3. The molecule has 0 saturated heterocycles. The maximum absolute atomic E-state index is 5.67. The SMILES string of the molecule is CCCCCCOCc1ccc(OCC)c(OC)c1. The van der Waals surface area contributed by atoms with E-state index in [-0.39, 0.29) is 0 Å². The Morgan fingerprint density at radius 1 is 1.00 bits per heavy atom. The number of ether oxygens (including phenoxy) is 3. The molecule has 1 aromatic rings. The van der Waals surface area contributed by atoms with Crippen molar-refractivity contribution in [2.45, 2.75) is 46.1 Å². The van der Waals surface area contributed by atoms with Crippen LogP contribution in [0.5, 0.6) is 11.5 Å². The first-order valence-corrected chi connectivity index (χ1v) is 7.19. The molecule has 0 fully saturated rings. The van der Waals surface area contributed by atoms with Crippen molar-refractivity contribution in [1.82, 2.24) is 0 Å². The van der Waals surface area contributed by atoms with Gasteiger partial charge in [0, 0.05) is 6.61 Å². The van der Waals surface area contributed by atoms with Gasteiger partial charge < -0.3 is 14.2 Å². The van der Waals surface area contributed by atoms with Crippen LogP contribution in [0.4, 0.5) is 0 Å². The third-order valence-corrected chi connectivity index (χ3v) is 2.94. The normalized spacial score (nSPS) is 10.5. The topological polar surface area (TPSA) is 27.7 Å². The zero-order valence-electron chi connectivity index (χ0n) is 12.4. The summed E-state index contributed by atoms with van der Waals surface area (Å²) >= 11 is 0. The lowest BCUT2D eigenvalue weighted by Gasteiger charge is -2.11. The van der Waals surface area contributed by atoms with Crippen molar-refractivity contribution in [3.05, 3.63) is 23.8 Å². The highest BCUT2D eigenvalue weighted by molar-refractivity contribution is 5.42. The Morgan fingerprint density at radius 2 is 1.84 bits per heavy atom. The van der Waals surface area contributed by atoms with Gasteiger partial charge in [-0.1, -0.05) is 32.3 Å². The van der Waals surface area contributed by atoms with Gasteiger partial charge in [0.15, 0.2) is 11.5 Å². The van der Waals surface area contributed by atoms with E-state index in [9.17, 15) is 0 Å². The number of unbranched alkanes of at least 4 members (excludes halogenated alkanes) is 3. The van der Waals surface area contributed by atoms with E-state index < -0.39 is 0 Å². The van der Waals surface area contributed by atoms with E-state index in [1.165, 1.54) is 19.3 Å². The molecule has 0 aliphatic heterocycles. The summed E-state index contributed by atoms with van der Waals surface area (Å²) in [5.74, 6) is 1.56. The molecule has 0 N–H and O–H groups in total. The van der Waals surface area contributed by atoms with Crippen LogP contribution in [-0.2, 0) is 11.3 Å². The molecule has 3 nitrogen and oxygen atoms in total. The van der Waals surface area contributed by atoms with E-state index in [1.807, 2.05) is 25.1 Å². The standard InChI is InChI=1S/C16H26O3/c1-4-6-7-8-11-18-13-14-9-10-15(19-5-2)16(12-14)17-3/h9-10,12H,4-8,11,13H2,1-3H3. The Bertz CT molecular complexity index is 350. The molecule has 0 saturated carbocycles. The van der Waals surface area contributed by atoms with Gasteiger partial charge in [-0.15, -0.1) is 0 Å². The molecule has 108 valence electrons. The molecule has 1 rings (SSSR count). The molecule has 0 bridgehead atoms. The van der Waals surface area contributed by atoms with Crippen LogP contribution in [0.2, 0.25) is 0 Å². The van der Waals surface area contributed by atoms with Gasteiger partial charge in [-0.3, -0.25) is 0 Å². The highest BCUT2D eigenvalue weighted by Crippen LogP contribution is 2.28. The molecule has 0 aliphatic carbocycles. The molecule has 0 aliphatic rings. The molecule has 0 atom stereocenters. The van der Waals surface area contributed by atoms with Crippen molar-refractivity contribution >= 4 is 0 Å². The first kappa shape index (κ1) is 15.8. The summed E-state index contributed by atoms with van der Waals surface area (Å²) in [5, 5.41) is 0. The van der Waals surface area contributed by atoms with Crippen molar-refractivity contribution in [1.29, 1.82) is 0 Å². The third kappa shape index (κ3) is 5.97. The van der Waals surface area contributed by atoms with Crippen LogP contribution in [-0.4, -0.2) is 20.3 Å². The van der Waals surface area contributed by atoms with Gasteiger partial charge in [0.2, 0.25) is 0 Å². The summed E-state index contributed by atoms with van der Waals surface area (Å²) in [6.07, 6.45) is 4.95. The number of hydrogen-bond donors (Lipinski definition) is 0. The highest BCUT2D eigenvalue weighted by Gasteiger charge is 2.05. The van der Waals surface area contributed by atoms with E-state index in [2.05, 4.69) is 6.92 Å². The van der Waals surface area contributed by atoms with Gasteiger partial charge in [-0.05, 0) is 31.0 Å². The van der Waals surface area contributed by atoms with Crippen LogP contribution in [0.15, 0.2) is 18.2 Å².